The number of hydrogen-bond acceptors (Lipinski definition) is 1. The number of aliphatic hydroxyl groups is 1. The summed E-state index contributed by atoms with van der Waals surface area (Å²) >= 11 is 0. The van der Waals surface area contributed by atoms with Crippen LogP contribution >= 0.6 is 0 Å². The average Bonchev–Trinajstić information content (AvgIpc) is 2.26. The molecule has 0 saturated carbocycles. The molecule has 0 aromatic carbocycles. The van der Waals surface area contributed by atoms with Gasteiger partial charge in [0, 0.05) is 6.61 Å². The van der Waals surface area contributed by atoms with Gasteiger partial charge < -0.3 is 7.96 Å². The molecule has 0 unspecified atom stereocenters. The quantitative estimate of drug-likeness (QED) is 0.393. The zero-order chi connectivity index (χ0) is 11.2. The fourth-order valence-corrected chi connectivity index (χ4v) is 1.95. The summed E-state index contributed by atoms with van der Waals surface area (Å²) in [6, 6.07) is 0. The Hall–Kier alpha value is 0.726. The molecule has 2 heteroatoms. The van der Waals surface area contributed by atoms with E-state index in [2.05, 4.69) is 6.92 Å². The molecule has 0 saturated heterocycles. The van der Waals surface area contributed by atoms with Gasteiger partial charge in [-0.2, -0.15) is 0 Å². The Morgan fingerprint density at radius 2 is 0.938 bits per heavy atom. The van der Waals surface area contributed by atoms with Crippen molar-refractivity contribution in [1.82, 2.24) is 0 Å². The first-order valence-corrected chi connectivity index (χ1v) is 7.02. The summed E-state index contributed by atoms with van der Waals surface area (Å²) in [5, 5.41) is 8.61. The van der Waals surface area contributed by atoms with Crippen LogP contribution in [0.3, 0.4) is 0 Å². The second kappa shape index (κ2) is 18.1. The van der Waals surface area contributed by atoms with E-state index in [1.165, 1.54) is 70.6 Å². The predicted octanol–water partition coefficient (Wildman–Crippen LogP) is 4.52. The van der Waals surface area contributed by atoms with Crippen LogP contribution in [0.1, 0.15) is 86.8 Å². The van der Waals surface area contributed by atoms with E-state index < -0.39 is 0 Å². The van der Waals surface area contributed by atoms with E-state index in [0.717, 1.165) is 6.42 Å². The molecule has 0 fully saturated rings. The van der Waals surface area contributed by atoms with Crippen LogP contribution in [0.2, 0.25) is 0 Å². The van der Waals surface area contributed by atoms with Crippen LogP contribution < -0.4 is 0 Å². The third kappa shape index (κ3) is 17.1. The van der Waals surface area contributed by atoms with Gasteiger partial charge in [-0.05, 0) is 6.42 Å². The van der Waals surface area contributed by atoms with Crippen molar-refractivity contribution in [3.63, 3.8) is 0 Å². The van der Waals surface area contributed by atoms with Crippen molar-refractivity contribution < 1.29 is 7.96 Å². The minimum absolute atomic E-state index is 0. The van der Waals surface area contributed by atoms with Gasteiger partial charge in [0.2, 0.25) is 0 Å². The summed E-state index contributed by atoms with van der Waals surface area (Å²) in [5.41, 5.74) is 0. The van der Waals surface area contributed by atoms with E-state index in [0.29, 0.717) is 6.61 Å². The molecule has 0 aromatic rings. The molecule has 0 aliphatic heterocycles. The van der Waals surface area contributed by atoms with Crippen molar-refractivity contribution in [1.29, 1.82) is 0 Å². The molecule has 1 nitrogen and oxygen atoms in total. The third-order valence-corrected chi connectivity index (χ3v) is 3.01. The van der Waals surface area contributed by atoms with E-state index in [1.807, 2.05) is 0 Å². The minimum atomic E-state index is 0. The van der Waals surface area contributed by atoms with Gasteiger partial charge in [0.1, 0.15) is 0 Å². The number of aliphatic hydroxyl groups excluding tert-OH is 1. The fraction of sp³-hybridized carbons (Fsp3) is 1.00. The molecule has 0 aliphatic rings. The first kappa shape index (κ1) is 19.1. The van der Waals surface area contributed by atoms with E-state index in [9.17, 15) is 0 Å². The maximum atomic E-state index is 8.61. The molecule has 0 amide bonds. The molecule has 0 heterocycles. The van der Waals surface area contributed by atoms with E-state index in [4.69, 9.17) is 5.11 Å². The average molecular weight is 241 g/mol. The van der Waals surface area contributed by atoms with Gasteiger partial charge in [0.25, 0.3) is 0 Å². The molecular weight excluding hydrogens is 208 g/mol. The molecule has 0 aliphatic carbocycles. The summed E-state index contributed by atoms with van der Waals surface area (Å²) in [7, 11) is 0. The SMILES string of the molecule is CCCCCCCCCCCCCCO.[H-].[H-].[Mg+2]. The number of rotatable bonds is 12. The summed E-state index contributed by atoms with van der Waals surface area (Å²) in [4.78, 5) is 0. The van der Waals surface area contributed by atoms with Crippen LogP contribution in [0.15, 0.2) is 0 Å². The fourth-order valence-electron chi connectivity index (χ4n) is 1.95. The Bertz CT molecular complexity index is 104. The monoisotopic (exact) mass is 240 g/mol. The van der Waals surface area contributed by atoms with Gasteiger partial charge in [-0.15, -0.1) is 0 Å². The molecule has 96 valence electrons. The molecule has 1 N–H and O–H groups in total. The van der Waals surface area contributed by atoms with Gasteiger partial charge in [-0.1, -0.05) is 77.6 Å². The minimum Gasteiger partial charge on any atom is -1.00 e. The van der Waals surface area contributed by atoms with Crippen molar-refractivity contribution in [2.24, 2.45) is 0 Å². The zero-order valence-electron chi connectivity index (χ0n) is 13.3. The van der Waals surface area contributed by atoms with Crippen molar-refractivity contribution in [2.45, 2.75) is 84.0 Å². The Balaban J connectivity index is -0.000000327. The van der Waals surface area contributed by atoms with Crippen LogP contribution in [0.5, 0.6) is 0 Å². The zero-order valence-corrected chi connectivity index (χ0v) is 12.8. The van der Waals surface area contributed by atoms with Gasteiger partial charge in [-0.3, -0.25) is 0 Å². The van der Waals surface area contributed by atoms with E-state index in [-0.39, 0.29) is 25.9 Å². The van der Waals surface area contributed by atoms with Gasteiger partial charge >= 0.3 is 23.1 Å². The van der Waals surface area contributed by atoms with Crippen molar-refractivity contribution in [3.05, 3.63) is 0 Å². The van der Waals surface area contributed by atoms with Crippen LogP contribution in [-0.4, -0.2) is 34.8 Å². The second-order valence-electron chi connectivity index (χ2n) is 4.61. The smallest absolute Gasteiger partial charge is 1.00 e. The normalized spacial score (nSPS) is 10.1. The molecule has 0 spiro atoms. The van der Waals surface area contributed by atoms with Crippen LogP contribution in [-0.2, 0) is 0 Å². The maximum Gasteiger partial charge on any atom is 2.00 e. The molecular formula is C14H32MgO. The van der Waals surface area contributed by atoms with Crippen LogP contribution in [0, 0.1) is 0 Å². The molecule has 0 aromatic heterocycles. The Kier molecular flexibility index (Phi) is 21.6. The number of hydrogen-bond donors (Lipinski definition) is 1. The summed E-state index contributed by atoms with van der Waals surface area (Å²) in [5.74, 6) is 0. The van der Waals surface area contributed by atoms with E-state index >= 15 is 0 Å². The third-order valence-electron chi connectivity index (χ3n) is 3.01. The standard InChI is InChI=1S/C14H30O.Mg.2H/c1-2-3-4-5-6-7-8-9-10-11-12-13-14-15;;;/h15H,2-14H2,1H3;;;/q;+2;2*-1. The molecule has 0 bridgehead atoms. The molecule has 0 radical (unpaired) electrons. The predicted molar refractivity (Wildman–Crippen MR) is 76.1 cm³/mol. The van der Waals surface area contributed by atoms with Crippen molar-refractivity contribution >= 4 is 23.1 Å². The van der Waals surface area contributed by atoms with Gasteiger partial charge in [0.15, 0.2) is 0 Å². The molecule has 0 atom stereocenters. The topological polar surface area (TPSA) is 20.2 Å². The van der Waals surface area contributed by atoms with Crippen LogP contribution in [0.25, 0.3) is 0 Å². The molecule has 16 heavy (non-hydrogen) atoms. The van der Waals surface area contributed by atoms with Crippen molar-refractivity contribution in [2.75, 3.05) is 6.61 Å². The second-order valence-corrected chi connectivity index (χ2v) is 4.61. The summed E-state index contributed by atoms with van der Waals surface area (Å²) < 4.78 is 0. The van der Waals surface area contributed by atoms with Crippen molar-refractivity contribution in [3.8, 4) is 0 Å². The number of unbranched alkanes of at least 4 members (excludes halogenated alkanes) is 11. The first-order valence-electron chi connectivity index (χ1n) is 7.02. The van der Waals surface area contributed by atoms with Crippen LogP contribution in [0.4, 0.5) is 0 Å². The Labute approximate surface area is 122 Å². The van der Waals surface area contributed by atoms with E-state index in [1.54, 1.807) is 0 Å². The largest absolute Gasteiger partial charge is 2.00 e. The Morgan fingerprint density at radius 3 is 1.25 bits per heavy atom. The first-order chi connectivity index (χ1) is 7.41. The van der Waals surface area contributed by atoms with Gasteiger partial charge in [-0.25, -0.2) is 0 Å². The maximum absolute atomic E-state index is 8.61. The summed E-state index contributed by atoms with van der Waals surface area (Å²) in [6.07, 6.45) is 16.2. The van der Waals surface area contributed by atoms with Gasteiger partial charge in [0.05, 0.1) is 0 Å². The Morgan fingerprint density at radius 1 is 0.625 bits per heavy atom. The molecule has 0 rings (SSSR count). The summed E-state index contributed by atoms with van der Waals surface area (Å²) in [6.45, 7) is 2.64.